The van der Waals surface area contributed by atoms with Crippen LogP contribution in [-0.4, -0.2) is 56.6 Å². The number of nitrogens with two attached hydrogens (primary N) is 1. The van der Waals surface area contributed by atoms with Crippen molar-refractivity contribution in [2.24, 2.45) is 5.73 Å². The zero-order valence-electron chi connectivity index (χ0n) is 10.2. The molecule has 0 fully saturated rings. The van der Waals surface area contributed by atoms with Crippen molar-refractivity contribution in [2.45, 2.75) is 19.4 Å². The minimum atomic E-state index is -0.531. The van der Waals surface area contributed by atoms with Crippen molar-refractivity contribution in [1.29, 1.82) is 0 Å². The first-order valence-corrected chi connectivity index (χ1v) is 5.29. The van der Waals surface area contributed by atoms with E-state index in [1.54, 1.807) is 14.2 Å². The maximum atomic E-state index is 11.5. The Bertz CT molecular complexity index is 233. The van der Waals surface area contributed by atoms with Crippen LogP contribution in [0.2, 0.25) is 0 Å². The molecule has 1 unspecified atom stereocenters. The van der Waals surface area contributed by atoms with Gasteiger partial charge in [0.1, 0.15) is 0 Å². The molecule has 16 heavy (non-hydrogen) atoms. The summed E-state index contributed by atoms with van der Waals surface area (Å²) in [7, 11) is 3.12. The van der Waals surface area contributed by atoms with Gasteiger partial charge in [-0.05, 0) is 6.42 Å². The van der Waals surface area contributed by atoms with Crippen LogP contribution in [0.4, 0.5) is 0 Å². The number of hydrogen-bond acceptors (Lipinski definition) is 4. The van der Waals surface area contributed by atoms with Gasteiger partial charge in [0.05, 0.1) is 19.2 Å². The highest BCUT2D eigenvalue weighted by molar-refractivity contribution is 5.87. The quantitative estimate of drug-likeness (QED) is 0.547. The first-order valence-electron chi connectivity index (χ1n) is 5.29. The Hall–Kier alpha value is -1.14. The Kier molecular flexibility index (Phi) is 7.49. The largest absolute Gasteiger partial charge is 0.383 e. The SMILES string of the molecule is CCC(N)C(=O)N(C)CC(=O)NCCOC. The summed E-state index contributed by atoms with van der Waals surface area (Å²) in [6.45, 7) is 2.75. The van der Waals surface area contributed by atoms with Gasteiger partial charge < -0.3 is 20.7 Å². The first kappa shape index (κ1) is 14.9. The average Bonchev–Trinajstić information content (AvgIpc) is 2.27. The third kappa shape index (κ3) is 5.67. The maximum absolute atomic E-state index is 11.5. The zero-order valence-corrected chi connectivity index (χ0v) is 10.2. The molecule has 94 valence electrons. The van der Waals surface area contributed by atoms with Crippen LogP contribution in [0.3, 0.4) is 0 Å². The van der Waals surface area contributed by atoms with Crippen LogP contribution in [0.15, 0.2) is 0 Å². The average molecular weight is 231 g/mol. The summed E-state index contributed by atoms with van der Waals surface area (Å²) in [6.07, 6.45) is 0.564. The smallest absolute Gasteiger partial charge is 0.239 e. The molecule has 0 radical (unpaired) electrons. The number of nitrogens with one attached hydrogen (secondary N) is 1. The van der Waals surface area contributed by atoms with Gasteiger partial charge in [-0.2, -0.15) is 0 Å². The summed E-state index contributed by atoms with van der Waals surface area (Å²) < 4.78 is 4.79. The molecule has 0 saturated carbocycles. The van der Waals surface area contributed by atoms with Crippen molar-refractivity contribution in [1.82, 2.24) is 10.2 Å². The molecule has 3 N–H and O–H groups in total. The molecule has 0 bridgehead atoms. The molecule has 0 aromatic heterocycles. The Morgan fingerprint density at radius 3 is 2.62 bits per heavy atom. The van der Waals surface area contributed by atoms with E-state index in [0.29, 0.717) is 19.6 Å². The van der Waals surface area contributed by atoms with Crippen molar-refractivity contribution in [3.63, 3.8) is 0 Å². The number of ether oxygens (including phenoxy) is 1. The van der Waals surface area contributed by atoms with Crippen LogP contribution in [0.5, 0.6) is 0 Å². The normalized spacial score (nSPS) is 12.0. The van der Waals surface area contributed by atoms with E-state index in [1.165, 1.54) is 4.90 Å². The van der Waals surface area contributed by atoms with Gasteiger partial charge in [-0.1, -0.05) is 6.92 Å². The van der Waals surface area contributed by atoms with Crippen LogP contribution < -0.4 is 11.1 Å². The number of methoxy groups -OCH3 is 1. The minimum Gasteiger partial charge on any atom is -0.383 e. The number of likely N-dealkylation sites (N-methyl/N-ethyl adjacent to an activating group) is 1. The van der Waals surface area contributed by atoms with Crippen molar-refractivity contribution in [3.8, 4) is 0 Å². The molecule has 0 saturated heterocycles. The highest BCUT2D eigenvalue weighted by Crippen LogP contribution is 1.93. The number of carbonyl (C=O) groups excluding carboxylic acids is 2. The summed E-state index contributed by atoms with van der Waals surface area (Å²) in [4.78, 5) is 24.2. The first-order chi connectivity index (χ1) is 7.52. The van der Waals surface area contributed by atoms with Gasteiger partial charge in [-0.3, -0.25) is 9.59 Å². The predicted molar refractivity (Wildman–Crippen MR) is 60.8 cm³/mol. The van der Waals surface area contributed by atoms with Gasteiger partial charge in [-0.15, -0.1) is 0 Å². The molecular formula is C10H21N3O3. The van der Waals surface area contributed by atoms with Crippen LogP contribution in [0.1, 0.15) is 13.3 Å². The van der Waals surface area contributed by atoms with Gasteiger partial charge in [0.2, 0.25) is 11.8 Å². The Balaban J connectivity index is 3.89. The van der Waals surface area contributed by atoms with Crippen molar-refractivity contribution >= 4 is 11.8 Å². The Morgan fingerprint density at radius 2 is 2.12 bits per heavy atom. The highest BCUT2D eigenvalue weighted by Gasteiger charge is 2.17. The lowest BCUT2D eigenvalue weighted by molar-refractivity contribution is -0.135. The van der Waals surface area contributed by atoms with E-state index in [9.17, 15) is 9.59 Å². The number of carbonyl (C=O) groups is 2. The van der Waals surface area contributed by atoms with Crippen LogP contribution >= 0.6 is 0 Å². The molecule has 0 heterocycles. The van der Waals surface area contributed by atoms with Gasteiger partial charge >= 0.3 is 0 Å². The Morgan fingerprint density at radius 1 is 1.50 bits per heavy atom. The molecule has 6 nitrogen and oxygen atoms in total. The van der Waals surface area contributed by atoms with Gasteiger partial charge in [0, 0.05) is 20.7 Å². The highest BCUT2D eigenvalue weighted by atomic mass is 16.5. The lowest BCUT2D eigenvalue weighted by atomic mass is 10.2. The molecular weight excluding hydrogens is 210 g/mol. The molecule has 0 rings (SSSR count). The molecule has 0 aliphatic carbocycles. The molecule has 0 aliphatic heterocycles. The van der Waals surface area contributed by atoms with Gasteiger partial charge in [-0.25, -0.2) is 0 Å². The topological polar surface area (TPSA) is 84.7 Å². The summed E-state index contributed by atoms with van der Waals surface area (Å²) in [6, 6.07) is -0.531. The Labute approximate surface area is 96.1 Å². The number of rotatable bonds is 7. The van der Waals surface area contributed by atoms with Crippen LogP contribution in [-0.2, 0) is 14.3 Å². The molecule has 0 spiro atoms. The molecule has 2 amide bonds. The van der Waals surface area contributed by atoms with Gasteiger partial charge in [0.15, 0.2) is 0 Å². The molecule has 1 atom stereocenters. The fourth-order valence-electron chi connectivity index (χ4n) is 1.10. The standard InChI is InChI=1S/C10H21N3O3/c1-4-8(11)10(15)13(2)7-9(14)12-5-6-16-3/h8H,4-7,11H2,1-3H3,(H,12,14). The predicted octanol–water partition coefficient (Wildman–Crippen LogP) is -1.06. The van der Waals surface area contributed by atoms with Gasteiger partial charge in [0.25, 0.3) is 0 Å². The third-order valence-electron chi connectivity index (χ3n) is 2.14. The second-order valence-corrected chi connectivity index (χ2v) is 3.55. The second kappa shape index (κ2) is 8.06. The monoisotopic (exact) mass is 231 g/mol. The fraction of sp³-hybridized carbons (Fsp3) is 0.800. The summed E-state index contributed by atoms with van der Waals surface area (Å²) in [5.74, 6) is -0.430. The van der Waals surface area contributed by atoms with Crippen LogP contribution in [0.25, 0.3) is 0 Å². The van der Waals surface area contributed by atoms with E-state index in [-0.39, 0.29) is 18.4 Å². The summed E-state index contributed by atoms with van der Waals surface area (Å²) in [5.41, 5.74) is 5.57. The second-order valence-electron chi connectivity index (χ2n) is 3.55. The van der Waals surface area contributed by atoms with Crippen molar-refractivity contribution in [3.05, 3.63) is 0 Å². The fourth-order valence-corrected chi connectivity index (χ4v) is 1.10. The van der Waals surface area contributed by atoms with E-state index in [1.807, 2.05) is 6.92 Å². The van der Waals surface area contributed by atoms with E-state index in [0.717, 1.165) is 0 Å². The van der Waals surface area contributed by atoms with Crippen LogP contribution in [0, 0.1) is 0 Å². The molecule has 0 aromatic carbocycles. The van der Waals surface area contributed by atoms with E-state index >= 15 is 0 Å². The number of nitrogens with zero attached hydrogens (tertiary/aromatic N) is 1. The lowest BCUT2D eigenvalue weighted by Crippen LogP contribution is -2.46. The number of hydrogen-bond donors (Lipinski definition) is 2. The van der Waals surface area contributed by atoms with E-state index < -0.39 is 6.04 Å². The molecule has 6 heteroatoms. The lowest BCUT2D eigenvalue weighted by Gasteiger charge is -2.19. The molecule has 0 aromatic rings. The minimum absolute atomic E-state index is 0.0241. The van der Waals surface area contributed by atoms with E-state index in [4.69, 9.17) is 10.5 Å². The van der Waals surface area contributed by atoms with Crippen molar-refractivity contribution in [2.75, 3.05) is 33.9 Å². The zero-order chi connectivity index (χ0) is 12.6. The third-order valence-corrected chi connectivity index (χ3v) is 2.14. The summed E-state index contributed by atoms with van der Waals surface area (Å²) in [5, 5.41) is 2.63. The summed E-state index contributed by atoms with van der Waals surface area (Å²) >= 11 is 0. The maximum Gasteiger partial charge on any atom is 0.239 e. The number of amides is 2. The molecule has 0 aliphatic rings. The van der Waals surface area contributed by atoms with Crippen molar-refractivity contribution < 1.29 is 14.3 Å². The van der Waals surface area contributed by atoms with E-state index in [2.05, 4.69) is 5.32 Å².